The van der Waals surface area contributed by atoms with Crippen LogP contribution < -0.4 is 14.4 Å². The quantitative estimate of drug-likeness (QED) is 0.387. The zero-order chi connectivity index (χ0) is 24.4. The maximum atomic E-state index is 12.7. The lowest BCUT2D eigenvalue weighted by molar-refractivity contribution is -0.133. The zero-order valence-electron chi connectivity index (χ0n) is 18.8. The first-order valence-corrected chi connectivity index (χ1v) is 11.6. The van der Waals surface area contributed by atoms with Crippen LogP contribution in [0.4, 0.5) is 5.82 Å². The van der Waals surface area contributed by atoms with Crippen molar-refractivity contribution in [2.75, 3.05) is 44.8 Å². The van der Waals surface area contributed by atoms with Crippen LogP contribution >= 0.6 is 23.2 Å². The molecule has 0 bridgehead atoms. The van der Waals surface area contributed by atoms with E-state index in [0.29, 0.717) is 64.7 Å². The highest BCUT2D eigenvalue weighted by Gasteiger charge is 2.25. The first-order valence-electron chi connectivity index (χ1n) is 10.8. The van der Waals surface area contributed by atoms with E-state index in [-0.39, 0.29) is 12.5 Å². The Bertz CT molecular complexity index is 1370. The predicted octanol–water partition coefficient (Wildman–Crippen LogP) is 3.25. The number of carbonyl (C=O) groups excluding carboxylic acids is 1. The van der Waals surface area contributed by atoms with Gasteiger partial charge in [0.25, 0.3) is 5.91 Å². The lowest BCUT2D eigenvalue weighted by Crippen LogP contribution is -2.50. The second-order valence-electron chi connectivity index (χ2n) is 7.80. The molecule has 0 aliphatic carbocycles. The average molecular weight is 514 g/mol. The number of halogens is 2. The third-order valence-corrected chi connectivity index (χ3v) is 6.22. The molecule has 5 rings (SSSR count). The number of anilines is 1. The highest BCUT2D eigenvalue weighted by Crippen LogP contribution is 2.28. The number of rotatable bonds is 6. The Labute approximate surface area is 211 Å². The summed E-state index contributed by atoms with van der Waals surface area (Å²) in [5.41, 5.74) is 1.97. The smallest absolute Gasteiger partial charge is 0.260 e. The summed E-state index contributed by atoms with van der Waals surface area (Å²) >= 11 is 12.0. The average Bonchev–Trinajstić information content (AvgIpc) is 3.32. The Hall–Kier alpha value is -3.63. The van der Waals surface area contributed by atoms with Crippen molar-refractivity contribution >= 4 is 46.1 Å². The topological polar surface area (TPSA) is 98.5 Å². The molecule has 0 spiro atoms. The van der Waals surface area contributed by atoms with Gasteiger partial charge >= 0.3 is 0 Å². The van der Waals surface area contributed by atoms with Crippen molar-refractivity contribution in [1.82, 2.24) is 29.9 Å². The van der Waals surface area contributed by atoms with Crippen LogP contribution in [-0.4, -0.2) is 75.7 Å². The lowest BCUT2D eigenvalue weighted by atomic mass is 10.3. The van der Waals surface area contributed by atoms with Gasteiger partial charge in [-0.2, -0.15) is 4.68 Å². The van der Waals surface area contributed by atoms with Gasteiger partial charge in [-0.3, -0.25) is 4.79 Å². The second-order valence-corrected chi connectivity index (χ2v) is 8.65. The number of piperazine rings is 1. The van der Waals surface area contributed by atoms with E-state index in [1.807, 2.05) is 24.3 Å². The van der Waals surface area contributed by atoms with Gasteiger partial charge in [-0.15, -0.1) is 5.10 Å². The van der Waals surface area contributed by atoms with E-state index in [4.69, 9.17) is 32.7 Å². The predicted molar refractivity (Wildman–Crippen MR) is 132 cm³/mol. The monoisotopic (exact) mass is 513 g/mol. The molecule has 1 aliphatic rings. The van der Waals surface area contributed by atoms with E-state index in [9.17, 15) is 4.79 Å². The Kier molecular flexibility index (Phi) is 6.56. The maximum absolute atomic E-state index is 12.7. The molecular formula is C23H21Cl2N7O3. The van der Waals surface area contributed by atoms with Crippen molar-refractivity contribution in [2.24, 2.45) is 0 Å². The number of ether oxygens (including phenoxy) is 2. The summed E-state index contributed by atoms with van der Waals surface area (Å²) in [5, 5.41) is 9.50. The maximum Gasteiger partial charge on any atom is 0.260 e. The standard InChI is InChI=1S/C23H21Cl2N7O3/c1-34-17-4-2-3-16(12-17)32-23-21(28-29-32)22(26-14-27-23)31-9-7-30(8-10-31)20(33)13-35-19-6-5-15(24)11-18(19)25/h2-6,11-12,14H,7-10,13H2,1H3. The van der Waals surface area contributed by atoms with Gasteiger partial charge in [0.15, 0.2) is 23.6 Å². The minimum Gasteiger partial charge on any atom is -0.497 e. The molecular weight excluding hydrogens is 493 g/mol. The van der Waals surface area contributed by atoms with Crippen molar-refractivity contribution in [1.29, 1.82) is 0 Å². The second kappa shape index (κ2) is 9.93. The van der Waals surface area contributed by atoms with Crippen molar-refractivity contribution in [3.05, 3.63) is 58.8 Å². The van der Waals surface area contributed by atoms with Gasteiger partial charge in [0, 0.05) is 37.3 Å². The Balaban J connectivity index is 1.26. The van der Waals surface area contributed by atoms with E-state index >= 15 is 0 Å². The van der Waals surface area contributed by atoms with E-state index in [1.54, 1.807) is 34.9 Å². The summed E-state index contributed by atoms with van der Waals surface area (Å²) in [4.78, 5) is 25.4. The van der Waals surface area contributed by atoms with Crippen LogP contribution in [0.5, 0.6) is 11.5 Å². The summed E-state index contributed by atoms with van der Waals surface area (Å²) < 4.78 is 12.6. The number of nitrogens with zero attached hydrogens (tertiary/aromatic N) is 7. The highest BCUT2D eigenvalue weighted by molar-refractivity contribution is 6.35. The van der Waals surface area contributed by atoms with Gasteiger partial charge in [-0.25, -0.2) is 9.97 Å². The molecule has 1 fully saturated rings. The molecule has 12 heteroatoms. The molecule has 0 unspecified atom stereocenters. The summed E-state index contributed by atoms with van der Waals surface area (Å²) in [6, 6.07) is 12.4. The van der Waals surface area contributed by atoms with E-state index in [2.05, 4.69) is 25.2 Å². The molecule has 1 saturated heterocycles. The molecule has 35 heavy (non-hydrogen) atoms. The molecule has 1 amide bonds. The molecule has 4 aromatic rings. The van der Waals surface area contributed by atoms with Crippen molar-refractivity contribution in [3.8, 4) is 17.2 Å². The number of hydrogen-bond acceptors (Lipinski definition) is 8. The molecule has 0 radical (unpaired) electrons. The number of amides is 1. The third-order valence-electron chi connectivity index (χ3n) is 5.69. The number of aromatic nitrogens is 5. The minimum absolute atomic E-state index is 0.103. The van der Waals surface area contributed by atoms with Crippen LogP contribution in [-0.2, 0) is 4.79 Å². The minimum atomic E-state index is -0.118. The lowest BCUT2D eigenvalue weighted by Gasteiger charge is -2.35. The van der Waals surface area contributed by atoms with Crippen molar-refractivity contribution in [2.45, 2.75) is 0 Å². The molecule has 10 nitrogen and oxygen atoms in total. The molecule has 2 aromatic heterocycles. The molecule has 0 saturated carbocycles. The summed E-state index contributed by atoms with van der Waals surface area (Å²) in [7, 11) is 1.61. The third kappa shape index (κ3) is 4.80. The van der Waals surface area contributed by atoms with Gasteiger partial charge in [0.2, 0.25) is 0 Å². The summed E-state index contributed by atoms with van der Waals surface area (Å²) in [6.45, 7) is 2.11. The first-order chi connectivity index (χ1) is 17.0. The van der Waals surface area contributed by atoms with Crippen LogP contribution in [0.3, 0.4) is 0 Å². The number of hydrogen-bond donors (Lipinski definition) is 0. The van der Waals surface area contributed by atoms with Crippen LogP contribution in [0, 0.1) is 0 Å². The number of fused-ring (bicyclic) bond motifs is 1. The van der Waals surface area contributed by atoms with Gasteiger partial charge in [0.05, 0.1) is 17.8 Å². The number of carbonyl (C=O) groups is 1. The van der Waals surface area contributed by atoms with E-state index in [0.717, 1.165) is 5.69 Å². The number of methoxy groups -OCH3 is 1. The molecule has 180 valence electrons. The fraction of sp³-hybridized carbons (Fsp3) is 0.261. The Morgan fingerprint density at radius 3 is 2.66 bits per heavy atom. The summed E-state index contributed by atoms with van der Waals surface area (Å²) in [6.07, 6.45) is 1.50. The van der Waals surface area contributed by atoms with Crippen LogP contribution in [0.25, 0.3) is 16.9 Å². The van der Waals surface area contributed by atoms with E-state index in [1.165, 1.54) is 6.33 Å². The fourth-order valence-corrected chi connectivity index (χ4v) is 4.34. The normalized spacial score (nSPS) is 13.8. The van der Waals surface area contributed by atoms with Gasteiger partial charge in [0.1, 0.15) is 17.8 Å². The largest absolute Gasteiger partial charge is 0.497 e. The van der Waals surface area contributed by atoms with Crippen molar-refractivity contribution < 1.29 is 14.3 Å². The van der Waals surface area contributed by atoms with Crippen LogP contribution in [0.15, 0.2) is 48.8 Å². The highest BCUT2D eigenvalue weighted by atomic mass is 35.5. The van der Waals surface area contributed by atoms with Crippen LogP contribution in [0.2, 0.25) is 10.0 Å². The fourth-order valence-electron chi connectivity index (χ4n) is 3.88. The molecule has 1 aliphatic heterocycles. The van der Waals surface area contributed by atoms with Crippen LogP contribution in [0.1, 0.15) is 0 Å². The Morgan fingerprint density at radius 2 is 1.89 bits per heavy atom. The number of benzene rings is 2. The van der Waals surface area contributed by atoms with Gasteiger partial charge in [-0.1, -0.05) is 34.5 Å². The SMILES string of the molecule is COc1cccc(-n2nnc3c(N4CCN(C(=O)COc5ccc(Cl)cc5Cl)CC4)ncnc32)c1. The zero-order valence-corrected chi connectivity index (χ0v) is 20.3. The molecule has 0 atom stereocenters. The van der Waals surface area contributed by atoms with Gasteiger partial charge < -0.3 is 19.3 Å². The Morgan fingerprint density at radius 1 is 1.06 bits per heavy atom. The van der Waals surface area contributed by atoms with Crippen molar-refractivity contribution in [3.63, 3.8) is 0 Å². The first kappa shape index (κ1) is 23.1. The molecule has 2 aromatic carbocycles. The van der Waals surface area contributed by atoms with E-state index < -0.39 is 0 Å². The summed E-state index contributed by atoms with van der Waals surface area (Å²) in [5.74, 6) is 1.70. The molecule has 3 heterocycles. The molecule has 0 N–H and O–H groups in total. The van der Waals surface area contributed by atoms with Gasteiger partial charge in [-0.05, 0) is 30.3 Å².